The molecule has 4 nitrogen and oxygen atoms in total. The quantitative estimate of drug-likeness (QED) is 0.667. The number of benzene rings is 1. The summed E-state index contributed by atoms with van der Waals surface area (Å²) in [6.07, 6.45) is 0.344. The molecule has 0 atom stereocenters. The van der Waals surface area contributed by atoms with Gasteiger partial charge in [-0.25, -0.2) is 0 Å². The van der Waals surface area contributed by atoms with Gasteiger partial charge in [-0.05, 0) is 12.1 Å². The molecule has 1 aliphatic rings. The summed E-state index contributed by atoms with van der Waals surface area (Å²) < 4.78 is 5.33. The van der Waals surface area contributed by atoms with E-state index in [1.165, 1.54) is 0 Å². The Bertz CT molecular complexity index is 421. The number of hydrogen-bond acceptors (Lipinski definition) is 3. The van der Waals surface area contributed by atoms with Crippen LogP contribution in [0.25, 0.3) is 0 Å². The fourth-order valence-corrected chi connectivity index (χ4v) is 1.28. The average molecular weight is 188 g/mol. The van der Waals surface area contributed by atoms with Crippen molar-refractivity contribution in [2.45, 2.75) is 6.42 Å². The van der Waals surface area contributed by atoms with E-state index in [4.69, 9.17) is 10.00 Å². The minimum atomic E-state index is -0.0616. The molecule has 1 aliphatic heterocycles. The Morgan fingerprint density at radius 3 is 3.14 bits per heavy atom. The van der Waals surface area contributed by atoms with Gasteiger partial charge in [0, 0.05) is 6.07 Å². The van der Waals surface area contributed by atoms with Crippen LogP contribution in [-0.4, -0.2) is 12.5 Å². The minimum Gasteiger partial charge on any atom is -0.491 e. The Kier molecular flexibility index (Phi) is 2.07. The van der Waals surface area contributed by atoms with Gasteiger partial charge in [-0.1, -0.05) is 0 Å². The molecule has 1 heterocycles. The maximum absolute atomic E-state index is 11.1. The summed E-state index contributed by atoms with van der Waals surface area (Å²) in [4.78, 5) is 11.1. The molecule has 0 saturated heterocycles. The highest BCUT2D eigenvalue weighted by molar-refractivity contribution is 5.93. The van der Waals surface area contributed by atoms with Crippen molar-refractivity contribution in [2.24, 2.45) is 0 Å². The minimum absolute atomic E-state index is 0.0616. The third-order valence-electron chi connectivity index (χ3n) is 1.97. The second kappa shape index (κ2) is 3.38. The summed E-state index contributed by atoms with van der Waals surface area (Å²) in [5.74, 6) is 0.503. The van der Waals surface area contributed by atoms with E-state index in [0.717, 1.165) is 0 Å². The van der Waals surface area contributed by atoms with E-state index in [9.17, 15) is 4.79 Å². The number of fused-ring (bicyclic) bond motifs is 1. The molecule has 1 N–H and O–H groups in total. The van der Waals surface area contributed by atoms with Crippen LogP contribution in [0.1, 0.15) is 12.0 Å². The summed E-state index contributed by atoms with van der Waals surface area (Å²) in [7, 11) is 0. The van der Waals surface area contributed by atoms with Crippen molar-refractivity contribution in [1.82, 2.24) is 0 Å². The summed E-state index contributed by atoms with van der Waals surface area (Å²) >= 11 is 0. The van der Waals surface area contributed by atoms with Crippen LogP contribution in [0.4, 0.5) is 5.69 Å². The number of anilines is 1. The van der Waals surface area contributed by atoms with Gasteiger partial charge in [0.05, 0.1) is 30.3 Å². The molecule has 0 aliphatic carbocycles. The zero-order chi connectivity index (χ0) is 9.97. The van der Waals surface area contributed by atoms with Gasteiger partial charge in [0.15, 0.2) is 0 Å². The van der Waals surface area contributed by atoms with Gasteiger partial charge >= 0.3 is 0 Å². The Balaban J connectivity index is 2.41. The Morgan fingerprint density at radius 1 is 1.50 bits per heavy atom. The molecular formula is C10H8N2O2. The van der Waals surface area contributed by atoms with Crippen LogP contribution in [0.15, 0.2) is 18.2 Å². The number of nitrogens with one attached hydrogen (secondary N) is 1. The zero-order valence-corrected chi connectivity index (χ0v) is 7.41. The lowest BCUT2D eigenvalue weighted by Gasteiger charge is -2.05. The summed E-state index contributed by atoms with van der Waals surface area (Å²) in [5, 5.41) is 11.4. The fraction of sp³-hybridized carbons (Fsp3) is 0.200. The molecule has 14 heavy (non-hydrogen) atoms. The highest BCUT2D eigenvalue weighted by atomic mass is 16.5. The van der Waals surface area contributed by atoms with Crippen molar-refractivity contribution in [3.8, 4) is 11.8 Å². The van der Waals surface area contributed by atoms with Gasteiger partial charge in [-0.3, -0.25) is 4.79 Å². The molecule has 0 saturated carbocycles. The lowest BCUT2D eigenvalue weighted by Crippen LogP contribution is -2.10. The number of carbonyl (C=O) groups excluding carboxylic acids is 1. The summed E-state index contributed by atoms with van der Waals surface area (Å²) in [6.45, 7) is 0.355. The van der Waals surface area contributed by atoms with E-state index in [0.29, 0.717) is 30.0 Å². The first-order chi connectivity index (χ1) is 6.79. The summed E-state index contributed by atoms with van der Waals surface area (Å²) in [5.41, 5.74) is 1.16. The van der Waals surface area contributed by atoms with Gasteiger partial charge in [0.1, 0.15) is 5.75 Å². The van der Waals surface area contributed by atoms with Crippen molar-refractivity contribution in [3.05, 3.63) is 23.8 Å². The van der Waals surface area contributed by atoms with Crippen molar-refractivity contribution in [1.29, 1.82) is 5.26 Å². The van der Waals surface area contributed by atoms with Crippen LogP contribution in [-0.2, 0) is 4.79 Å². The lowest BCUT2D eigenvalue weighted by atomic mass is 10.2. The van der Waals surface area contributed by atoms with Crippen molar-refractivity contribution in [2.75, 3.05) is 11.9 Å². The SMILES string of the molecule is N#Cc1ccc2c(c1)OCCC(=O)N2. The number of hydrogen-bond donors (Lipinski definition) is 1. The molecule has 0 unspecified atom stereocenters. The van der Waals surface area contributed by atoms with E-state index < -0.39 is 0 Å². The predicted molar refractivity (Wildman–Crippen MR) is 49.9 cm³/mol. The number of amides is 1. The van der Waals surface area contributed by atoms with Crippen LogP contribution in [0.5, 0.6) is 5.75 Å². The normalized spacial score (nSPS) is 14.4. The highest BCUT2D eigenvalue weighted by Gasteiger charge is 2.13. The highest BCUT2D eigenvalue weighted by Crippen LogP contribution is 2.27. The van der Waals surface area contributed by atoms with Crippen LogP contribution in [0.3, 0.4) is 0 Å². The standard InChI is InChI=1S/C10H8N2O2/c11-6-7-1-2-8-9(5-7)14-4-3-10(13)12-8/h1-2,5H,3-4H2,(H,12,13). The molecular weight excluding hydrogens is 180 g/mol. The first kappa shape index (κ1) is 8.57. The second-order valence-electron chi connectivity index (χ2n) is 2.97. The topological polar surface area (TPSA) is 62.1 Å². The molecule has 0 bridgehead atoms. The van der Waals surface area contributed by atoms with Gasteiger partial charge in [-0.2, -0.15) is 5.26 Å². The largest absolute Gasteiger partial charge is 0.491 e. The van der Waals surface area contributed by atoms with Crippen LogP contribution in [0, 0.1) is 11.3 Å². The van der Waals surface area contributed by atoms with Crippen LogP contribution < -0.4 is 10.1 Å². The first-order valence-electron chi connectivity index (χ1n) is 4.26. The van der Waals surface area contributed by atoms with Gasteiger partial charge in [0.25, 0.3) is 0 Å². The average Bonchev–Trinajstić information content (AvgIpc) is 2.37. The number of nitriles is 1. The Hall–Kier alpha value is -2.02. The molecule has 70 valence electrons. The molecule has 2 rings (SSSR count). The third-order valence-corrected chi connectivity index (χ3v) is 1.97. The Labute approximate surface area is 81.1 Å². The molecule has 1 amide bonds. The second-order valence-corrected chi connectivity index (χ2v) is 2.97. The Morgan fingerprint density at radius 2 is 2.36 bits per heavy atom. The maximum Gasteiger partial charge on any atom is 0.227 e. The number of carbonyl (C=O) groups is 1. The van der Waals surface area contributed by atoms with E-state index in [1.54, 1.807) is 18.2 Å². The molecule has 0 radical (unpaired) electrons. The van der Waals surface area contributed by atoms with Gasteiger partial charge in [-0.15, -0.1) is 0 Å². The fourth-order valence-electron chi connectivity index (χ4n) is 1.28. The van der Waals surface area contributed by atoms with Crippen LogP contribution in [0.2, 0.25) is 0 Å². The predicted octanol–water partition coefficient (Wildman–Crippen LogP) is 1.28. The lowest BCUT2D eigenvalue weighted by molar-refractivity contribution is -0.116. The molecule has 1 aromatic rings. The maximum atomic E-state index is 11.1. The van der Waals surface area contributed by atoms with Crippen LogP contribution >= 0.6 is 0 Å². The van der Waals surface area contributed by atoms with Gasteiger partial charge < -0.3 is 10.1 Å². The molecule has 0 spiro atoms. The van der Waals surface area contributed by atoms with E-state index in [2.05, 4.69) is 5.32 Å². The monoisotopic (exact) mass is 188 g/mol. The number of nitrogens with zero attached hydrogens (tertiary/aromatic N) is 1. The van der Waals surface area contributed by atoms with Crippen molar-refractivity contribution < 1.29 is 9.53 Å². The van der Waals surface area contributed by atoms with E-state index in [-0.39, 0.29) is 5.91 Å². The smallest absolute Gasteiger partial charge is 0.227 e. The van der Waals surface area contributed by atoms with Crippen molar-refractivity contribution in [3.63, 3.8) is 0 Å². The van der Waals surface area contributed by atoms with Crippen molar-refractivity contribution >= 4 is 11.6 Å². The van der Waals surface area contributed by atoms with E-state index in [1.807, 2.05) is 6.07 Å². The van der Waals surface area contributed by atoms with E-state index >= 15 is 0 Å². The number of ether oxygens (including phenoxy) is 1. The molecule has 1 aromatic carbocycles. The molecule has 0 aromatic heterocycles. The molecule has 0 fully saturated rings. The first-order valence-corrected chi connectivity index (χ1v) is 4.26. The van der Waals surface area contributed by atoms with Gasteiger partial charge in [0.2, 0.25) is 5.91 Å². The number of rotatable bonds is 0. The third kappa shape index (κ3) is 1.52. The molecule has 4 heteroatoms. The zero-order valence-electron chi connectivity index (χ0n) is 7.41. The summed E-state index contributed by atoms with van der Waals surface area (Å²) in [6, 6.07) is 6.97.